The van der Waals surface area contributed by atoms with Gasteiger partial charge in [0.25, 0.3) is 5.91 Å². The molecule has 0 unspecified atom stereocenters. The summed E-state index contributed by atoms with van der Waals surface area (Å²) in [7, 11) is -2.19. The topological polar surface area (TPSA) is 75.7 Å². The molecule has 0 saturated carbocycles. The molecule has 1 saturated heterocycles. The van der Waals surface area contributed by atoms with Gasteiger partial charge in [0.2, 0.25) is 10.0 Å². The third-order valence-corrected chi connectivity index (χ3v) is 6.43. The second kappa shape index (κ2) is 9.37. The van der Waals surface area contributed by atoms with Crippen LogP contribution in [0.15, 0.2) is 23.1 Å². The van der Waals surface area contributed by atoms with Gasteiger partial charge in [0.1, 0.15) is 5.75 Å². The van der Waals surface area contributed by atoms with Gasteiger partial charge in [-0.1, -0.05) is 26.7 Å². The van der Waals surface area contributed by atoms with Gasteiger partial charge in [0.15, 0.2) is 0 Å². The van der Waals surface area contributed by atoms with E-state index in [1.54, 1.807) is 11.0 Å². The fourth-order valence-electron chi connectivity index (χ4n) is 3.21. The number of amides is 1. The van der Waals surface area contributed by atoms with Gasteiger partial charge in [-0.3, -0.25) is 4.79 Å². The zero-order valence-corrected chi connectivity index (χ0v) is 16.8. The van der Waals surface area contributed by atoms with Gasteiger partial charge in [-0.2, -0.15) is 0 Å². The Kier molecular flexibility index (Phi) is 7.46. The van der Waals surface area contributed by atoms with Gasteiger partial charge in [-0.15, -0.1) is 0 Å². The number of likely N-dealkylation sites (tertiary alicyclic amines) is 1. The Labute approximate surface area is 157 Å². The molecule has 1 heterocycles. The quantitative estimate of drug-likeness (QED) is 0.786. The van der Waals surface area contributed by atoms with Crippen LogP contribution >= 0.6 is 0 Å². The third-order valence-electron chi connectivity index (χ3n) is 4.91. The first kappa shape index (κ1) is 20.7. The normalized spacial score (nSPS) is 15.8. The Morgan fingerprint density at radius 2 is 1.77 bits per heavy atom. The molecular formula is C19H30N2O4S. The number of hydrogen-bond acceptors (Lipinski definition) is 4. The number of ether oxygens (including phenoxy) is 1. The standard InChI is InChI=1S/C19H30N2O4S/c1-4-15(5-2)20-26(23,24)16-10-11-18(25-3)17(14-16)19(22)21-12-8-6-7-9-13-21/h10-11,14-15,20H,4-9,12-13H2,1-3H3. The number of sulfonamides is 1. The molecule has 0 aliphatic carbocycles. The molecule has 2 rings (SSSR count). The van der Waals surface area contributed by atoms with Crippen molar-refractivity contribution in [3.05, 3.63) is 23.8 Å². The summed E-state index contributed by atoms with van der Waals surface area (Å²) in [6.45, 7) is 5.29. The lowest BCUT2D eigenvalue weighted by Crippen LogP contribution is -2.34. The fraction of sp³-hybridized carbons (Fsp3) is 0.632. The largest absolute Gasteiger partial charge is 0.496 e. The van der Waals surface area contributed by atoms with Gasteiger partial charge in [0.05, 0.1) is 17.6 Å². The number of hydrogen-bond donors (Lipinski definition) is 1. The van der Waals surface area contributed by atoms with Crippen LogP contribution in [0.1, 0.15) is 62.7 Å². The van der Waals surface area contributed by atoms with Crippen molar-refractivity contribution in [2.45, 2.75) is 63.3 Å². The molecule has 0 aromatic heterocycles. The van der Waals surface area contributed by atoms with Gasteiger partial charge >= 0.3 is 0 Å². The summed E-state index contributed by atoms with van der Waals surface area (Å²) in [5.74, 6) is 0.240. The van der Waals surface area contributed by atoms with E-state index in [0.717, 1.165) is 25.7 Å². The molecule has 1 amide bonds. The van der Waals surface area contributed by atoms with Crippen LogP contribution in [-0.2, 0) is 10.0 Å². The highest BCUT2D eigenvalue weighted by Gasteiger charge is 2.25. The highest BCUT2D eigenvalue weighted by atomic mass is 32.2. The van der Waals surface area contributed by atoms with E-state index in [9.17, 15) is 13.2 Å². The third kappa shape index (κ3) is 4.98. The molecule has 0 radical (unpaired) electrons. The van der Waals surface area contributed by atoms with Crippen molar-refractivity contribution < 1.29 is 17.9 Å². The molecule has 1 fully saturated rings. The second-order valence-electron chi connectivity index (χ2n) is 6.70. The number of methoxy groups -OCH3 is 1. The molecule has 1 N–H and O–H groups in total. The molecule has 1 aromatic rings. The van der Waals surface area contributed by atoms with Gasteiger partial charge in [0, 0.05) is 19.1 Å². The van der Waals surface area contributed by atoms with Gasteiger partial charge in [-0.05, 0) is 43.9 Å². The molecule has 146 valence electrons. The smallest absolute Gasteiger partial charge is 0.257 e. The van der Waals surface area contributed by atoms with Crippen LogP contribution in [0.2, 0.25) is 0 Å². The number of rotatable bonds is 7. The van der Waals surface area contributed by atoms with Gasteiger partial charge < -0.3 is 9.64 Å². The molecule has 1 aliphatic heterocycles. The number of nitrogens with one attached hydrogen (secondary N) is 1. The van der Waals surface area contributed by atoms with Crippen LogP contribution in [0.25, 0.3) is 0 Å². The van der Waals surface area contributed by atoms with Crippen molar-refractivity contribution in [2.24, 2.45) is 0 Å². The molecule has 1 aromatic carbocycles. The van der Waals surface area contributed by atoms with E-state index in [0.29, 0.717) is 37.2 Å². The van der Waals surface area contributed by atoms with E-state index in [1.807, 2.05) is 13.8 Å². The summed E-state index contributed by atoms with van der Waals surface area (Å²) >= 11 is 0. The van der Waals surface area contributed by atoms with Crippen LogP contribution in [0.3, 0.4) is 0 Å². The summed E-state index contributed by atoms with van der Waals surface area (Å²) in [5, 5.41) is 0. The van der Waals surface area contributed by atoms with Crippen LogP contribution in [0.5, 0.6) is 5.75 Å². The summed E-state index contributed by atoms with van der Waals surface area (Å²) < 4.78 is 33.4. The zero-order valence-electron chi connectivity index (χ0n) is 16.0. The van der Waals surface area contributed by atoms with Crippen molar-refractivity contribution in [2.75, 3.05) is 20.2 Å². The average molecular weight is 383 g/mol. The maximum absolute atomic E-state index is 13.0. The lowest BCUT2D eigenvalue weighted by atomic mass is 10.1. The molecule has 7 heteroatoms. The minimum atomic E-state index is -3.68. The number of carbonyl (C=O) groups excluding carboxylic acids is 1. The van der Waals surface area contributed by atoms with E-state index in [2.05, 4.69) is 4.72 Å². The molecule has 1 aliphatic rings. The zero-order chi connectivity index (χ0) is 19.2. The monoisotopic (exact) mass is 382 g/mol. The van der Waals surface area contributed by atoms with E-state index in [4.69, 9.17) is 4.74 Å². The molecule has 0 spiro atoms. The van der Waals surface area contributed by atoms with Crippen LogP contribution in [0.4, 0.5) is 0 Å². The lowest BCUT2D eigenvalue weighted by molar-refractivity contribution is 0.0758. The minimum absolute atomic E-state index is 0.100. The van der Waals surface area contributed by atoms with E-state index in [1.165, 1.54) is 19.2 Å². The predicted octanol–water partition coefficient (Wildman–Crippen LogP) is 3.18. The number of nitrogens with zero attached hydrogens (tertiary/aromatic N) is 1. The molecular weight excluding hydrogens is 352 g/mol. The van der Waals surface area contributed by atoms with Crippen molar-refractivity contribution in [3.8, 4) is 5.75 Å². The Balaban J connectivity index is 2.34. The average Bonchev–Trinajstić information content (AvgIpc) is 2.94. The maximum atomic E-state index is 13.0. The number of carbonyl (C=O) groups is 1. The first-order valence-corrected chi connectivity index (χ1v) is 10.9. The highest BCUT2D eigenvalue weighted by molar-refractivity contribution is 7.89. The summed E-state index contributed by atoms with van der Waals surface area (Å²) in [5.41, 5.74) is 0.307. The SMILES string of the molecule is CCC(CC)NS(=O)(=O)c1ccc(OC)c(C(=O)N2CCCCCC2)c1. The maximum Gasteiger partial charge on any atom is 0.257 e. The predicted molar refractivity (Wildman–Crippen MR) is 102 cm³/mol. The first-order chi connectivity index (χ1) is 12.4. The second-order valence-corrected chi connectivity index (χ2v) is 8.42. The fourth-order valence-corrected chi connectivity index (χ4v) is 4.64. The molecule has 0 atom stereocenters. The van der Waals surface area contributed by atoms with E-state index in [-0.39, 0.29) is 16.8 Å². The molecule has 0 bridgehead atoms. The van der Waals surface area contributed by atoms with Crippen molar-refractivity contribution in [1.82, 2.24) is 9.62 Å². The Morgan fingerprint density at radius 1 is 1.15 bits per heavy atom. The van der Waals surface area contributed by atoms with E-state index >= 15 is 0 Å². The van der Waals surface area contributed by atoms with E-state index < -0.39 is 10.0 Å². The molecule has 26 heavy (non-hydrogen) atoms. The Hall–Kier alpha value is -1.60. The summed E-state index contributed by atoms with van der Waals surface area (Å²) in [6.07, 6.45) is 5.62. The van der Waals surface area contributed by atoms with Crippen LogP contribution in [-0.4, -0.2) is 45.5 Å². The van der Waals surface area contributed by atoms with Crippen molar-refractivity contribution in [3.63, 3.8) is 0 Å². The molecule has 6 nitrogen and oxygen atoms in total. The van der Waals surface area contributed by atoms with Gasteiger partial charge in [-0.25, -0.2) is 13.1 Å². The minimum Gasteiger partial charge on any atom is -0.496 e. The van der Waals surface area contributed by atoms with Crippen LogP contribution < -0.4 is 9.46 Å². The van der Waals surface area contributed by atoms with Crippen molar-refractivity contribution in [1.29, 1.82) is 0 Å². The number of benzene rings is 1. The Morgan fingerprint density at radius 3 is 2.31 bits per heavy atom. The lowest BCUT2D eigenvalue weighted by Gasteiger charge is -2.22. The van der Waals surface area contributed by atoms with Crippen molar-refractivity contribution >= 4 is 15.9 Å². The highest BCUT2D eigenvalue weighted by Crippen LogP contribution is 2.25. The first-order valence-electron chi connectivity index (χ1n) is 9.42. The Bertz CT molecular complexity index is 706. The van der Waals surface area contributed by atoms with Crippen LogP contribution in [0, 0.1) is 0 Å². The summed E-state index contributed by atoms with van der Waals surface area (Å²) in [4.78, 5) is 14.9. The summed E-state index contributed by atoms with van der Waals surface area (Å²) in [6, 6.07) is 4.37.